The molecule has 0 aliphatic carbocycles. The minimum atomic E-state index is -0.865. The number of carbonyl (C=O) groups is 1. The summed E-state index contributed by atoms with van der Waals surface area (Å²) in [5.74, 6) is -2.06. The van der Waals surface area contributed by atoms with Crippen molar-refractivity contribution >= 4 is 17.7 Å². The van der Waals surface area contributed by atoms with Gasteiger partial charge in [-0.2, -0.15) is 0 Å². The number of benzene rings is 1. The maximum Gasteiger partial charge on any atom is 0.315 e. The van der Waals surface area contributed by atoms with Crippen LogP contribution in [0.1, 0.15) is 19.4 Å². The van der Waals surface area contributed by atoms with E-state index in [1.807, 2.05) is 0 Å². The van der Waals surface area contributed by atoms with Gasteiger partial charge in [-0.15, -0.1) is 0 Å². The quantitative estimate of drug-likeness (QED) is 0.285. The van der Waals surface area contributed by atoms with Crippen molar-refractivity contribution in [1.82, 2.24) is 4.90 Å². The van der Waals surface area contributed by atoms with E-state index < -0.39 is 28.0 Å². The van der Waals surface area contributed by atoms with Crippen LogP contribution < -0.4 is 0 Å². The first-order valence-corrected chi connectivity index (χ1v) is 6.44. The molecule has 0 saturated carbocycles. The lowest BCUT2D eigenvalue weighted by Gasteiger charge is -2.18. The van der Waals surface area contributed by atoms with E-state index in [4.69, 9.17) is 6.57 Å². The number of amides is 1. The summed E-state index contributed by atoms with van der Waals surface area (Å²) >= 11 is 0. The SMILES string of the molecule is [C-]#[N+]/C(=C\c1cc(O)c(O)c([N+](=O)[O-])c1)C(=O)N(CC)CC. The summed E-state index contributed by atoms with van der Waals surface area (Å²) < 4.78 is 0. The average molecular weight is 305 g/mol. The maximum absolute atomic E-state index is 12.1. The first-order valence-electron chi connectivity index (χ1n) is 6.44. The predicted molar refractivity (Wildman–Crippen MR) is 78.9 cm³/mol. The monoisotopic (exact) mass is 305 g/mol. The van der Waals surface area contributed by atoms with Crippen LogP contribution in [0.2, 0.25) is 0 Å². The van der Waals surface area contributed by atoms with Gasteiger partial charge in [0.15, 0.2) is 5.75 Å². The number of rotatable bonds is 5. The third-order valence-corrected chi connectivity index (χ3v) is 2.98. The topological polar surface area (TPSA) is 108 Å². The van der Waals surface area contributed by atoms with E-state index in [0.717, 1.165) is 18.2 Å². The Labute approximate surface area is 126 Å². The number of hydrogen-bond acceptors (Lipinski definition) is 5. The molecule has 0 unspecified atom stereocenters. The van der Waals surface area contributed by atoms with Crippen LogP contribution in [0, 0.1) is 16.7 Å². The largest absolute Gasteiger partial charge is 0.504 e. The molecule has 116 valence electrons. The van der Waals surface area contributed by atoms with Gasteiger partial charge < -0.3 is 15.1 Å². The number of hydrogen-bond donors (Lipinski definition) is 2. The fraction of sp³-hybridized carbons (Fsp3) is 0.286. The van der Waals surface area contributed by atoms with Crippen LogP contribution in [0.4, 0.5) is 5.69 Å². The minimum absolute atomic E-state index is 0.0773. The summed E-state index contributed by atoms with van der Waals surface area (Å²) in [5, 5.41) is 29.7. The Morgan fingerprint density at radius 3 is 2.45 bits per heavy atom. The number of likely N-dealkylation sites (N-methyl/N-ethyl adjacent to an activating group) is 1. The zero-order valence-electron chi connectivity index (χ0n) is 12.1. The molecule has 0 atom stereocenters. The molecule has 1 aromatic rings. The van der Waals surface area contributed by atoms with Gasteiger partial charge in [0.05, 0.1) is 11.5 Å². The van der Waals surface area contributed by atoms with Gasteiger partial charge in [-0.05, 0) is 31.6 Å². The van der Waals surface area contributed by atoms with Crippen LogP contribution in [0.25, 0.3) is 10.9 Å². The van der Waals surface area contributed by atoms with Gasteiger partial charge >= 0.3 is 5.69 Å². The third-order valence-electron chi connectivity index (χ3n) is 2.98. The highest BCUT2D eigenvalue weighted by Crippen LogP contribution is 2.36. The van der Waals surface area contributed by atoms with Gasteiger partial charge in [-0.1, -0.05) is 0 Å². The molecule has 0 heterocycles. The zero-order chi connectivity index (χ0) is 16.9. The molecule has 0 radical (unpaired) electrons. The maximum atomic E-state index is 12.1. The highest BCUT2D eigenvalue weighted by atomic mass is 16.6. The minimum Gasteiger partial charge on any atom is -0.504 e. The molecular formula is C14H15N3O5. The number of phenolic OH excluding ortho intramolecular Hbond substituents is 2. The highest BCUT2D eigenvalue weighted by molar-refractivity contribution is 5.99. The Bertz CT molecular complexity index is 672. The smallest absolute Gasteiger partial charge is 0.315 e. The van der Waals surface area contributed by atoms with Crippen molar-refractivity contribution in [1.29, 1.82) is 0 Å². The van der Waals surface area contributed by atoms with Crippen molar-refractivity contribution in [3.63, 3.8) is 0 Å². The molecule has 1 amide bonds. The Hall–Kier alpha value is -3.08. The van der Waals surface area contributed by atoms with Crippen LogP contribution in [0.15, 0.2) is 17.8 Å². The van der Waals surface area contributed by atoms with Gasteiger partial charge in [-0.3, -0.25) is 14.9 Å². The molecule has 0 fully saturated rings. The van der Waals surface area contributed by atoms with E-state index in [1.54, 1.807) is 13.8 Å². The summed E-state index contributed by atoms with van der Waals surface area (Å²) in [5.41, 5.74) is -0.859. The van der Waals surface area contributed by atoms with Crippen molar-refractivity contribution in [2.24, 2.45) is 0 Å². The summed E-state index contributed by atoms with van der Waals surface area (Å²) in [7, 11) is 0. The summed E-state index contributed by atoms with van der Waals surface area (Å²) in [6, 6.07) is 2.03. The second kappa shape index (κ2) is 7.08. The highest BCUT2D eigenvalue weighted by Gasteiger charge is 2.20. The van der Waals surface area contributed by atoms with E-state index in [1.165, 1.54) is 4.90 Å². The second-order valence-corrected chi connectivity index (χ2v) is 4.28. The molecule has 0 aliphatic heterocycles. The average Bonchev–Trinajstić information content (AvgIpc) is 2.48. The summed E-state index contributed by atoms with van der Waals surface area (Å²) in [6.07, 6.45) is 1.14. The van der Waals surface area contributed by atoms with Crippen molar-refractivity contribution in [3.05, 3.63) is 44.9 Å². The number of nitrogens with zero attached hydrogens (tertiary/aromatic N) is 3. The molecule has 2 N–H and O–H groups in total. The normalized spacial score (nSPS) is 10.9. The molecule has 0 spiro atoms. The third kappa shape index (κ3) is 3.52. The van der Waals surface area contributed by atoms with Crippen LogP contribution in [-0.4, -0.2) is 39.0 Å². The first kappa shape index (κ1) is 17.0. The molecule has 0 aliphatic rings. The van der Waals surface area contributed by atoms with E-state index in [2.05, 4.69) is 4.85 Å². The lowest BCUT2D eigenvalue weighted by atomic mass is 10.1. The van der Waals surface area contributed by atoms with E-state index in [0.29, 0.717) is 13.1 Å². The zero-order valence-corrected chi connectivity index (χ0v) is 12.1. The Morgan fingerprint density at radius 1 is 1.41 bits per heavy atom. The lowest BCUT2D eigenvalue weighted by molar-refractivity contribution is -0.386. The standard InChI is InChI=1S/C14H15N3O5/c1-4-16(5-2)14(20)10(15-3)6-9-7-11(17(21)22)13(19)12(18)8-9/h6-8,18-19H,4-5H2,1-2H3/b10-6-. The van der Waals surface area contributed by atoms with E-state index in [-0.39, 0.29) is 11.3 Å². The van der Waals surface area contributed by atoms with Gasteiger partial charge in [-0.25, -0.2) is 4.85 Å². The molecular weight excluding hydrogens is 290 g/mol. The van der Waals surface area contributed by atoms with Crippen molar-refractivity contribution in [2.45, 2.75) is 13.8 Å². The van der Waals surface area contributed by atoms with Crippen molar-refractivity contribution < 1.29 is 19.9 Å². The van der Waals surface area contributed by atoms with Crippen molar-refractivity contribution in [2.75, 3.05) is 13.1 Å². The van der Waals surface area contributed by atoms with Crippen LogP contribution in [-0.2, 0) is 4.79 Å². The van der Waals surface area contributed by atoms with E-state index in [9.17, 15) is 25.1 Å². The lowest BCUT2D eigenvalue weighted by Crippen LogP contribution is -2.30. The number of aromatic hydroxyl groups is 2. The second-order valence-electron chi connectivity index (χ2n) is 4.28. The Balaban J connectivity index is 3.33. The number of phenols is 2. The van der Waals surface area contributed by atoms with Crippen LogP contribution in [0.3, 0.4) is 0 Å². The molecule has 8 heteroatoms. The number of nitro groups is 1. The van der Waals surface area contributed by atoms with Crippen LogP contribution in [0.5, 0.6) is 11.5 Å². The molecule has 0 bridgehead atoms. The number of nitro benzene ring substituents is 1. The Kier molecular flexibility index (Phi) is 5.46. The molecule has 1 aromatic carbocycles. The van der Waals surface area contributed by atoms with Gasteiger partial charge in [0.1, 0.15) is 0 Å². The Morgan fingerprint density at radius 2 is 2.00 bits per heavy atom. The fourth-order valence-corrected chi connectivity index (χ4v) is 1.82. The molecule has 0 aromatic heterocycles. The summed E-state index contributed by atoms with van der Waals surface area (Å²) in [4.78, 5) is 26.6. The molecule has 1 rings (SSSR count). The van der Waals surface area contributed by atoms with Gasteiger partial charge in [0.2, 0.25) is 5.75 Å². The molecule has 8 nitrogen and oxygen atoms in total. The first-order chi connectivity index (χ1) is 10.3. The van der Waals surface area contributed by atoms with Crippen LogP contribution >= 0.6 is 0 Å². The van der Waals surface area contributed by atoms with Gasteiger partial charge in [0.25, 0.3) is 11.6 Å². The van der Waals surface area contributed by atoms with E-state index >= 15 is 0 Å². The fourth-order valence-electron chi connectivity index (χ4n) is 1.82. The van der Waals surface area contributed by atoms with Gasteiger partial charge in [0, 0.05) is 19.2 Å². The number of carbonyl (C=O) groups excluding carboxylic acids is 1. The van der Waals surface area contributed by atoms with Crippen molar-refractivity contribution in [3.8, 4) is 11.5 Å². The molecule has 22 heavy (non-hydrogen) atoms. The summed E-state index contributed by atoms with van der Waals surface area (Å²) in [6.45, 7) is 11.4. The molecule has 0 saturated heterocycles. The predicted octanol–water partition coefficient (Wildman–Crippen LogP) is 2.13.